The minimum Gasteiger partial charge on any atom is -0.328 e. The summed E-state index contributed by atoms with van der Waals surface area (Å²) in [6.45, 7) is 4.83. The van der Waals surface area contributed by atoms with Crippen LogP contribution in [0.15, 0.2) is 0 Å². The van der Waals surface area contributed by atoms with Gasteiger partial charge in [-0.25, -0.2) is 0 Å². The number of likely N-dealkylation sites (tertiary alicyclic amines) is 1. The predicted octanol–water partition coefficient (Wildman–Crippen LogP) is 1.99. The van der Waals surface area contributed by atoms with Crippen LogP contribution in [0.25, 0.3) is 0 Å². The summed E-state index contributed by atoms with van der Waals surface area (Å²) in [5, 5.41) is 0. The Labute approximate surface area is 87.8 Å². The topological polar surface area (TPSA) is 29.3 Å². The van der Waals surface area contributed by atoms with Gasteiger partial charge >= 0.3 is 0 Å². The highest BCUT2D eigenvalue weighted by Crippen LogP contribution is 2.37. The Morgan fingerprint density at radius 1 is 1.36 bits per heavy atom. The van der Waals surface area contributed by atoms with Crippen LogP contribution in [0.5, 0.6) is 0 Å². The lowest BCUT2D eigenvalue weighted by Crippen LogP contribution is -2.32. The van der Waals surface area contributed by atoms with Crippen LogP contribution in [0.4, 0.5) is 0 Å². The van der Waals surface area contributed by atoms with Gasteiger partial charge in [-0.2, -0.15) is 0 Å². The Morgan fingerprint density at radius 2 is 2.21 bits per heavy atom. The van der Waals surface area contributed by atoms with E-state index in [1.807, 2.05) is 0 Å². The molecule has 0 radical (unpaired) electrons. The standard InChI is InChI=1S/C12H24N2/c1-10(13)4-2-3-7-14-9-11-5-6-12(14)8-11/h10-12H,2-9,13H2,1H3. The largest absolute Gasteiger partial charge is 0.328 e. The summed E-state index contributed by atoms with van der Waals surface area (Å²) in [5.74, 6) is 1.05. The van der Waals surface area contributed by atoms with E-state index in [-0.39, 0.29) is 0 Å². The molecule has 0 aromatic rings. The molecule has 1 saturated carbocycles. The molecule has 2 rings (SSSR count). The number of rotatable bonds is 5. The first kappa shape index (κ1) is 10.4. The molecule has 1 heterocycles. The van der Waals surface area contributed by atoms with Gasteiger partial charge in [0.05, 0.1) is 0 Å². The van der Waals surface area contributed by atoms with Crippen molar-refractivity contribution in [3.05, 3.63) is 0 Å². The zero-order chi connectivity index (χ0) is 9.97. The Balaban J connectivity index is 1.58. The molecule has 2 N–H and O–H groups in total. The molecule has 82 valence electrons. The zero-order valence-corrected chi connectivity index (χ0v) is 9.41. The normalized spacial score (nSPS) is 33.9. The van der Waals surface area contributed by atoms with E-state index in [0.29, 0.717) is 6.04 Å². The van der Waals surface area contributed by atoms with Crippen molar-refractivity contribution >= 4 is 0 Å². The molecule has 1 aliphatic heterocycles. The highest BCUT2D eigenvalue weighted by molar-refractivity contribution is 4.91. The number of piperidine rings is 1. The Bertz CT molecular complexity index is 179. The molecule has 0 spiro atoms. The quantitative estimate of drug-likeness (QED) is 0.681. The van der Waals surface area contributed by atoms with Crippen molar-refractivity contribution in [3.8, 4) is 0 Å². The van der Waals surface area contributed by atoms with E-state index in [1.54, 1.807) is 0 Å². The number of nitrogens with two attached hydrogens (primary N) is 1. The van der Waals surface area contributed by atoms with Gasteiger partial charge in [-0.3, -0.25) is 0 Å². The molecular formula is C12H24N2. The second kappa shape index (κ2) is 4.63. The van der Waals surface area contributed by atoms with Gasteiger partial charge in [0, 0.05) is 18.6 Å². The van der Waals surface area contributed by atoms with Crippen LogP contribution in [0.1, 0.15) is 45.4 Å². The van der Waals surface area contributed by atoms with Gasteiger partial charge in [-0.1, -0.05) is 6.42 Å². The third-order valence-corrected chi connectivity index (χ3v) is 3.88. The van der Waals surface area contributed by atoms with E-state index in [4.69, 9.17) is 5.73 Å². The lowest BCUT2D eigenvalue weighted by Gasteiger charge is -2.26. The van der Waals surface area contributed by atoms with Gasteiger partial charge in [0.15, 0.2) is 0 Å². The Morgan fingerprint density at radius 3 is 2.79 bits per heavy atom. The summed E-state index contributed by atoms with van der Waals surface area (Å²) in [4.78, 5) is 2.72. The highest BCUT2D eigenvalue weighted by Gasteiger charge is 2.36. The van der Waals surface area contributed by atoms with Crippen LogP contribution in [-0.4, -0.2) is 30.1 Å². The molecule has 1 aliphatic carbocycles. The van der Waals surface area contributed by atoms with E-state index in [1.165, 1.54) is 51.6 Å². The second-order valence-corrected chi connectivity index (χ2v) is 5.30. The summed E-state index contributed by atoms with van der Waals surface area (Å²) in [5.41, 5.74) is 5.73. The number of fused-ring (bicyclic) bond motifs is 2. The zero-order valence-electron chi connectivity index (χ0n) is 9.41. The maximum atomic E-state index is 5.73. The van der Waals surface area contributed by atoms with E-state index in [0.717, 1.165) is 12.0 Å². The average Bonchev–Trinajstić information content (AvgIpc) is 2.73. The van der Waals surface area contributed by atoms with E-state index in [2.05, 4.69) is 11.8 Å². The lowest BCUT2D eigenvalue weighted by molar-refractivity contribution is 0.209. The number of unbranched alkanes of at least 4 members (excludes halogenated alkanes) is 1. The van der Waals surface area contributed by atoms with E-state index >= 15 is 0 Å². The van der Waals surface area contributed by atoms with Gasteiger partial charge in [-0.05, 0) is 51.5 Å². The minimum absolute atomic E-state index is 0.394. The van der Waals surface area contributed by atoms with Gasteiger partial charge in [0.2, 0.25) is 0 Å². The first-order valence-corrected chi connectivity index (χ1v) is 6.25. The number of nitrogens with zero attached hydrogens (tertiary/aromatic N) is 1. The predicted molar refractivity (Wildman–Crippen MR) is 60.2 cm³/mol. The molecule has 3 unspecified atom stereocenters. The second-order valence-electron chi connectivity index (χ2n) is 5.30. The smallest absolute Gasteiger partial charge is 0.00985 e. The van der Waals surface area contributed by atoms with Crippen molar-refractivity contribution < 1.29 is 0 Å². The summed E-state index contributed by atoms with van der Waals surface area (Å²) in [7, 11) is 0. The fourth-order valence-corrected chi connectivity index (χ4v) is 3.08. The summed E-state index contributed by atoms with van der Waals surface area (Å²) >= 11 is 0. The van der Waals surface area contributed by atoms with Crippen molar-refractivity contribution in [2.75, 3.05) is 13.1 Å². The van der Waals surface area contributed by atoms with Crippen molar-refractivity contribution in [3.63, 3.8) is 0 Å². The molecule has 2 heteroatoms. The maximum absolute atomic E-state index is 5.73. The van der Waals surface area contributed by atoms with E-state index in [9.17, 15) is 0 Å². The number of hydrogen-bond acceptors (Lipinski definition) is 2. The Hall–Kier alpha value is -0.0800. The molecule has 1 saturated heterocycles. The monoisotopic (exact) mass is 196 g/mol. The fraction of sp³-hybridized carbons (Fsp3) is 1.00. The first-order chi connectivity index (χ1) is 6.75. The SMILES string of the molecule is CC(N)CCCCN1CC2CCC1C2. The average molecular weight is 196 g/mol. The molecule has 14 heavy (non-hydrogen) atoms. The summed E-state index contributed by atoms with van der Waals surface area (Å²) in [6.07, 6.45) is 8.32. The van der Waals surface area contributed by atoms with Gasteiger partial charge in [-0.15, -0.1) is 0 Å². The molecule has 2 fully saturated rings. The van der Waals surface area contributed by atoms with Crippen LogP contribution >= 0.6 is 0 Å². The number of hydrogen-bond donors (Lipinski definition) is 1. The van der Waals surface area contributed by atoms with Crippen molar-refractivity contribution in [1.29, 1.82) is 0 Å². The highest BCUT2D eigenvalue weighted by atomic mass is 15.2. The van der Waals surface area contributed by atoms with Crippen LogP contribution in [0.2, 0.25) is 0 Å². The molecule has 2 nitrogen and oxygen atoms in total. The molecule has 3 atom stereocenters. The Kier molecular flexibility index (Phi) is 3.45. The van der Waals surface area contributed by atoms with Crippen LogP contribution in [0, 0.1) is 5.92 Å². The van der Waals surface area contributed by atoms with Gasteiger partial charge in [0.25, 0.3) is 0 Å². The third kappa shape index (κ3) is 2.48. The maximum Gasteiger partial charge on any atom is 0.00985 e. The molecule has 2 bridgehead atoms. The molecule has 2 aliphatic rings. The summed E-state index contributed by atoms with van der Waals surface area (Å²) in [6, 6.07) is 1.35. The lowest BCUT2D eigenvalue weighted by atomic mass is 10.1. The van der Waals surface area contributed by atoms with Crippen LogP contribution in [0.3, 0.4) is 0 Å². The van der Waals surface area contributed by atoms with Crippen LogP contribution < -0.4 is 5.73 Å². The fourth-order valence-electron chi connectivity index (χ4n) is 3.08. The molecular weight excluding hydrogens is 172 g/mol. The minimum atomic E-state index is 0.394. The van der Waals surface area contributed by atoms with Gasteiger partial charge in [0.1, 0.15) is 0 Å². The van der Waals surface area contributed by atoms with Gasteiger partial charge < -0.3 is 10.6 Å². The first-order valence-electron chi connectivity index (χ1n) is 6.25. The summed E-state index contributed by atoms with van der Waals surface area (Å²) < 4.78 is 0. The third-order valence-electron chi connectivity index (χ3n) is 3.88. The van der Waals surface area contributed by atoms with Crippen molar-refractivity contribution in [2.45, 2.75) is 57.5 Å². The van der Waals surface area contributed by atoms with Crippen molar-refractivity contribution in [1.82, 2.24) is 4.90 Å². The van der Waals surface area contributed by atoms with Crippen LogP contribution in [-0.2, 0) is 0 Å². The molecule has 0 aromatic heterocycles. The molecule has 0 aromatic carbocycles. The molecule has 0 amide bonds. The van der Waals surface area contributed by atoms with Crippen molar-refractivity contribution in [2.24, 2.45) is 11.7 Å². The van der Waals surface area contributed by atoms with E-state index < -0.39 is 0 Å².